The fourth-order valence-corrected chi connectivity index (χ4v) is 1.57. The van der Waals surface area contributed by atoms with Gasteiger partial charge in [-0.1, -0.05) is 17.7 Å². The van der Waals surface area contributed by atoms with Gasteiger partial charge >= 0.3 is 0 Å². The van der Waals surface area contributed by atoms with Crippen LogP contribution in [0.4, 0.5) is 0 Å². The molecule has 0 radical (unpaired) electrons. The highest BCUT2D eigenvalue weighted by Gasteiger charge is 2.05. The average Bonchev–Trinajstić information content (AvgIpc) is 2.38. The molecule has 0 unspecified atom stereocenters. The number of hydrogen-bond acceptors (Lipinski definition) is 3. The maximum Gasteiger partial charge on any atom is 0.251 e. The molecular weight excluding hydrogens is 226 g/mol. The van der Waals surface area contributed by atoms with Crippen LogP contribution in [-0.4, -0.2) is 15.9 Å². The predicted molar refractivity (Wildman–Crippen MR) is 69.1 cm³/mol. The lowest BCUT2D eigenvalue weighted by Crippen LogP contribution is -2.23. The summed E-state index contributed by atoms with van der Waals surface area (Å²) in [4.78, 5) is 20.2. The number of aryl methyl sites for hydroxylation is 2. The summed E-state index contributed by atoms with van der Waals surface area (Å²) in [6.45, 7) is 4.23. The van der Waals surface area contributed by atoms with Gasteiger partial charge in [0.05, 0.1) is 24.1 Å². The molecule has 0 bridgehead atoms. The van der Waals surface area contributed by atoms with Gasteiger partial charge in [-0.25, -0.2) is 0 Å². The van der Waals surface area contributed by atoms with Gasteiger partial charge in [0.25, 0.3) is 5.91 Å². The van der Waals surface area contributed by atoms with Crippen LogP contribution in [0.15, 0.2) is 36.7 Å². The number of carbonyl (C=O) groups is 1. The van der Waals surface area contributed by atoms with Crippen LogP contribution in [0.1, 0.15) is 27.3 Å². The Kier molecular flexibility index (Phi) is 3.67. The number of nitrogens with zero attached hydrogens (tertiary/aromatic N) is 2. The van der Waals surface area contributed by atoms with E-state index in [9.17, 15) is 4.79 Å². The normalized spacial score (nSPS) is 10.1. The first-order valence-corrected chi connectivity index (χ1v) is 5.77. The zero-order valence-corrected chi connectivity index (χ0v) is 10.5. The molecule has 0 aliphatic carbocycles. The lowest BCUT2D eigenvalue weighted by Gasteiger charge is -2.05. The summed E-state index contributed by atoms with van der Waals surface area (Å²) in [5.41, 5.74) is 3.35. The van der Waals surface area contributed by atoms with E-state index in [0.29, 0.717) is 12.1 Å². The zero-order valence-electron chi connectivity index (χ0n) is 10.5. The molecule has 92 valence electrons. The Hall–Kier alpha value is -2.23. The minimum absolute atomic E-state index is 0.0962. The summed E-state index contributed by atoms with van der Waals surface area (Å²) in [6.07, 6.45) is 3.36. The third-order valence-electron chi connectivity index (χ3n) is 2.54. The van der Waals surface area contributed by atoms with Crippen LogP contribution in [0.5, 0.6) is 0 Å². The van der Waals surface area contributed by atoms with E-state index >= 15 is 0 Å². The van der Waals surface area contributed by atoms with E-state index in [1.54, 1.807) is 18.5 Å². The fourth-order valence-electron chi connectivity index (χ4n) is 1.57. The van der Waals surface area contributed by atoms with E-state index in [0.717, 1.165) is 17.0 Å². The summed E-state index contributed by atoms with van der Waals surface area (Å²) in [5.74, 6) is -0.0962. The van der Waals surface area contributed by atoms with E-state index in [1.807, 2.05) is 32.0 Å². The van der Waals surface area contributed by atoms with E-state index in [1.165, 1.54) is 0 Å². The number of aromatic nitrogens is 2. The Morgan fingerprint density at radius 2 is 2.06 bits per heavy atom. The van der Waals surface area contributed by atoms with Crippen molar-refractivity contribution in [3.8, 4) is 0 Å². The number of carbonyl (C=O) groups excluding carboxylic acids is 1. The van der Waals surface area contributed by atoms with Crippen molar-refractivity contribution >= 4 is 5.91 Å². The first kappa shape index (κ1) is 12.2. The molecular formula is C14H15N3O. The lowest BCUT2D eigenvalue weighted by molar-refractivity contribution is 0.0950. The molecule has 1 aromatic heterocycles. The van der Waals surface area contributed by atoms with Gasteiger partial charge in [0.1, 0.15) is 0 Å². The van der Waals surface area contributed by atoms with Crippen molar-refractivity contribution in [3.63, 3.8) is 0 Å². The molecule has 18 heavy (non-hydrogen) atoms. The average molecular weight is 241 g/mol. The molecule has 0 atom stereocenters. The van der Waals surface area contributed by atoms with Crippen molar-refractivity contribution in [2.24, 2.45) is 0 Å². The van der Waals surface area contributed by atoms with Crippen LogP contribution >= 0.6 is 0 Å². The van der Waals surface area contributed by atoms with Gasteiger partial charge < -0.3 is 5.32 Å². The van der Waals surface area contributed by atoms with Gasteiger partial charge in [-0.05, 0) is 26.0 Å². The molecule has 0 spiro atoms. The second-order valence-corrected chi connectivity index (χ2v) is 4.20. The monoisotopic (exact) mass is 241 g/mol. The van der Waals surface area contributed by atoms with Crippen LogP contribution in [0.25, 0.3) is 0 Å². The molecule has 0 saturated heterocycles. The molecule has 1 amide bonds. The van der Waals surface area contributed by atoms with Gasteiger partial charge in [0.15, 0.2) is 0 Å². The summed E-state index contributed by atoms with van der Waals surface area (Å²) in [6, 6.07) is 7.48. The summed E-state index contributed by atoms with van der Waals surface area (Å²) < 4.78 is 0. The first-order valence-electron chi connectivity index (χ1n) is 5.77. The van der Waals surface area contributed by atoms with Gasteiger partial charge in [-0.2, -0.15) is 0 Å². The van der Waals surface area contributed by atoms with Crippen molar-refractivity contribution in [1.82, 2.24) is 15.3 Å². The molecule has 4 nitrogen and oxygen atoms in total. The molecule has 0 fully saturated rings. The van der Waals surface area contributed by atoms with E-state index in [4.69, 9.17) is 0 Å². The van der Waals surface area contributed by atoms with Crippen molar-refractivity contribution in [3.05, 3.63) is 59.2 Å². The minimum atomic E-state index is -0.0962. The summed E-state index contributed by atoms with van der Waals surface area (Å²) in [7, 11) is 0. The number of benzene rings is 1. The van der Waals surface area contributed by atoms with Gasteiger partial charge in [-0.15, -0.1) is 0 Å². The standard InChI is InChI=1S/C14H15N3O/c1-10-4-3-5-12(6-10)14(18)17-9-13-8-15-11(2)7-16-13/h3-8H,9H2,1-2H3,(H,17,18). The van der Waals surface area contributed by atoms with Gasteiger partial charge in [0, 0.05) is 11.8 Å². The molecule has 0 saturated carbocycles. The SMILES string of the molecule is Cc1cccc(C(=O)NCc2cnc(C)cn2)c1. The number of nitrogens with one attached hydrogen (secondary N) is 1. The van der Waals surface area contributed by atoms with Crippen molar-refractivity contribution in [1.29, 1.82) is 0 Å². The Labute approximate surface area is 106 Å². The number of hydrogen-bond donors (Lipinski definition) is 1. The van der Waals surface area contributed by atoms with E-state index < -0.39 is 0 Å². The molecule has 0 aliphatic rings. The smallest absolute Gasteiger partial charge is 0.251 e. The molecule has 2 aromatic rings. The van der Waals surface area contributed by atoms with Crippen molar-refractivity contribution in [2.45, 2.75) is 20.4 Å². The van der Waals surface area contributed by atoms with Crippen LogP contribution in [-0.2, 0) is 6.54 Å². The third-order valence-corrected chi connectivity index (χ3v) is 2.54. The Bertz CT molecular complexity index is 549. The largest absolute Gasteiger partial charge is 0.346 e. The Morgan fingerprint density at radius 3 is 2.72 bits per heavy atom. The van der Waals surface area contributed by atoms with Crippen LogP contribution in [0, 0.1) is 13.8 Å². The maximum atomic E-state index is 11.9. The van der Waals surface area contributed by atoms with Gasteiger partial charge in [-0.3, -0.25) is 14.8 Å². The molecule has 1 N–H and O–H groups in total. The third kappa shape index (κ3) is 3.13. The molecule has 1 heterocycles. The topological polar surface area (TPSA) is 54.9 Å². The second kappa shape index (κ2) is 5.40. The van der Waals surface area contributed by atoms with Crippen molar-refractivity contribution < 1.29 is 4.79 Å². The van der Waals surface area contributed by atoms with Crippen LogP contribution in [0.3, 0.4) is 0 Å². The molecule has 4 heteroatoms. The highest BCUT2D eigenvalue weighted by atomic mass is 16.1. The fraction of sp³-hybridized carbons (Fsp3) is 0.214. The molecule has 0 aliphatic heterocycles. The lowest BCUT2D eigenvalue weighted by atomic mass is 10.1. The second-order valence-electron chi connectivity index (χ2n) is 4.20. The van der Waals surface area contributed by atoms with E-state index in [2.05, 4.69) is 15.3 Å². The maximum absolute atomic E-state index is 11.9. The molecule has 1 aromatic carbocycles. The molecule has 2 rings (SSSR count). The van der Waals surface area contributed by atoms with Crippen molar-refractivity contribution in [2.75, 3.05) is 0 Å². The zero-order chi connectivity index (χ0) is 13.0. The Balaban J connectivity index is 1.98. The van der Waals surface area contributed by atoms with Gasteiger partial charge in [0.2, 0.25) is 0 Å². The predicted octanol–water partition coefficient (Wildman–Crippen LogP) is 2.02. The Morgan fingerprint density at radius 1 is 1.22 bits per heavy atom. The van der Waals surface area contributed by atoms with Crippen LogP contribution in [0.2, 0.25) is 0 Å². The number of rotatable bonds is 3. The van der Waals surface area contributed by atoms with E-state index in [-0.39, 0.29) is 5.91 Å². The highest BCUT2D eigenvalue weighted by molar-refractivity contribution is 5.94. The minimum Gasteiger partial charge on any atom is -0.346 e. The summed E-state index contributed by atoms with van der Waals surface area (Å²) in [5, 5.41) is 2.82. The van der Waals surface area contributed by atoms with Crippen LogP contribution < -0.4 is 5.32 Å². The summed E-state index contributed by atoms with van der Waals surface area (Å²) >= 11 is 0. The first-order chi connectivity index (χ1) is 8.65. The highest BCUT2D eigenvalue weighted by Crippen LogP contribution is 2.04. The number of amides is 1. The quantitative estimate of drug-likeness (QED) is 0.894.